The fourth-order valence-electron chi connectivity index (χ4n) is 2.50. The Kier molecular flexibility index (Phi) is 3.89. The van der Waals surface area contributed by atoms with E-state index in [9.17, 15) is 5.11 Å². The number of hydrogen-bond acceptors (Lipinski definition) is 2. The van der Waals surface area contributed by atoms with Gasteiger partial charge in [0, 0.05) is 26.5 Å². The van der Waals surface area contributed by atoms with Crippen molar-refractivity contribution in [2.24, 2.45) is 0 Å². The number of aliphatic hydroxyl groups is 1. The van der Waals surface area contributed by atoms with Crippen LogP contribution >= 0.6 is 31.9 Å². The van der Waals surface area contributed by atoms with Crippen molar-refractivity contribution in [1.82, 2.24) is 0 Å². The van der Waals surface area contributed by atoms with Gasteiger partial charge < -0.3 is 9.84 Å². The lowest BCUT2D eigenvalue weighted by molar-refractivity contribution is 0.0653. The van der Waals surface area contributed by atoms with Gasteiger partial charge in [0.2, 0.25) is 0 Å². The molecule has 2 nitrogen and oxygen atoms in total. The minimum Gasteiger partial charge on any atom is -0.485 e. The Balaban J connectivity index is 1.98. The van der Waals surface area contributed by atoms with Crippen molar-refractivity contribution in [3.8, 4) is 5.75 Å². The van der Waals surface area contributed by atoms with Gasteiger partial charge >= 0.3 is 0 Å². The number of aryl methyl sites for hydroxylation is 1. The highest BCUT2D eigenvalue weighted by molar-refractivity contribution is 9.10. The van der Waals surface area contributed by atoms with E-state index in [1.165, 1.54) is 5.56 Å². The molecule has 0 aliphatic carbocycles. The Bertz CT molecular complexity index is 655. The molecule has 4 heteroatoms. The number of rotatable bonds is 1. The van der Waals surface area contributed by atoms with Crippen LogP contribution in [0.4, 0.5) is 0 Å². The minimum absolute atomic E-state index is 0.137. The first-order valence-corrected chi connectivity index (χ1v) is 8.03. The highest BCUT2D eigenvalue weighted by Crippen LogP contribution is 2.43. The molecular formula is C16H14Br2O2. The highest BCUT2D eigenvalue weighted by atomic mass is 79.9. The van der Waals surface area contributed by atoms with Crippen LogP contribution in [0.25, 0.3) is 0 Å². The van der Waals surface area contributed by atoms with E-state index >= 15 is 0 Å². The Morgan fingerprint density at radius 2 is 1.85 bits per heavy atom. The first-order valence-electron chi connectivity index (χ1n) is 6.45. The Morgan fingerprint density at radius 1 is 1.10 bits per heavy atom. The van der Waals surface area contributed by atoms with Crippen LogP contribution in [0, 0.1) is 6.92 Å². The van der Waals surface area contributed by atoms with Crippen molar-refractivity contribution in [3.63, 3.8) is 0 Å². The van der Waals surface area contributed by atoms with E-state index in [4.69, 9.17) is 4.74 Å². The van der Waals surface area contributed by atoms with E-state index in [1.54, 1.807) is 0 Å². The molecule has 1 N–H and O–H groups in total. The molecule has 0 bridgehead atoms. The largest absolute Gasteiger partial charge is 0.485 e. The Morgan fingerprint density at radius 3 is 2.60 bits per heavy atom. The summed E-state index contributed by atoms with van der Waals surface area (Å²) < 4.78 is 8.04. The van der Waals surface area contributed by atoms with E-state index in [0.717, 1.165) is 25.8 Å². The summed E-state index contributed by atoms with van der Waals surface area (Å²) >= 11 is 7.03. The van der Waals surface area contributed by atoms with E-state index < -0.39 is 6.10 Å². The second-order valence-corrected chi connectivity index (χ2v) is 6.84. The SMILES string of the molecule is Cc1ccc(C2C[C@H](O)c3ccc(Br)cc3O2)c(Br)c1. The molecule has 0 aromatic heterocycles. The molecule has 2 aromatic carbocycles. The zero-order chi connectivity index (χ0) is 14.3. The third-order valence-electron chi connectivity index (χ3n) is 3.54. The van der Waals surface area contributed by atoms with Gasteiger partial charge in [0.15, 0.2) is 0 Å². The number of benzene rings is 2. The normalized spacial score (nSPS) is 21.2. The van der Waals surface area contributed by atoms with E-state index in [0.29, 0.717) is 6.42 Å². The van der Waals surface area contributed by atoms with Gasteiger partial charge in [0.25, 0.3) is 0 Å². The molecule has 2 aromatic rings. The summed E-state index contributed by atoms with van der Waals surface area (Å²) in [4.78, 5) is 0. The predicted octanol–water partition coefficient (Wildman–Crippen LogP) is 5.08. The summed E-state index contributed by atoms with van der Waals surface area (Å²) in [5, 5.41) is 10.3. The lowest BCUT2D eigenvalue weighted by Crippen LogP contribution is -2.19. The topological polar surface area (TPSA) is 29.5 Å². The molecule has 1 heterocycles. The standard InChI is InChI=1S/C16H14Br2O2/c1-9-2-4-11(13(18)6-9)16-8-14(19)12-5-3-10(17)7-15(12)20-16/h2-7,14,16,19H,8H2,1H3/t14-,16?/m0/s1. The van der Waals surface area contributed by atoms with Gasteiger partial charge in [-0.25, -0.2) is 0 Å². The second-order valence-electron chi connectivity index (χ2n) is 5.07. The molecule has 0 saturated heterocycles. The highest BCUT2D eigenvalue weighted by Gasteiger charge is 2.29. The second kappa shape index (κ2) is 5.51. The predicted molar refractivity (Wildman–Crippen MR) is 86.0 cm³/mol. The Labute approximate surface area is 135 Å². The molecular weight excluding hydrogens is 384 g/mol. The van der Waals surface area contributed by atoms with Gasteiger partial charge in [0.1, 0.15) is 11.9 Å². The molecule has 1 aliphatic rings. The number of ether oxygens (including phenoxy) is 1. The van der Waals surface area contributed by atoms with Gasteiger partial charge in [-0.15, -0.1) is 0 Å². The van der Waals surface area contributed by atoms with Crippen molar-refractivity contribution >= 4 is 31.9 Å². The molecule has 1 aliphatic heterocycles. The third kappa shape index (κ3) is 2.65. The van der Waals surface area contributed by atoms with Gasteiger partial charge in [-0.3, -0.25) is 0 Å². The van der Waals surface area contributed by atoms with Crippen LogP contribution in [0.15, 0.2) is 45.3 Å². The van der Waals surface area contributed by atoms with Crippen LogP contribution in [0.5, 0.6) is 5.75 Å². The van der Waals surface area contributed by atoms with Crippen LogP contribution in [0.3, 0.4) is 0 Å². The molecule has 2 atom stereocenters. The molecule has 1 unspecified atom stereocenters. The van der Waals surface area contributed by atoms with Gasteiger partial charge in [0.05, 0.1) is 6.10 Å². The van der Waals surface area contributed by atoms with Crippen LogP contribution in [0.1, 0.15) is 35.3 Å². The lowest BCUT2D eigenvalue weighted by Gasteiger charge is -2.30. The lowest BCUT2D eigenvalue weighted by atomic mass is 9.94. The van der Waals surface area contributed by atoms with Crippen molar-refractivity contribution < 1.29 is 9.84 Å². The van der Waals surface area contributed by atoms with Gasteiger partial charge in [-0.1, -0.05) is 50.1 Å². The first-order chi connectivity index (χ1) is 9.54. The van der Waals surface area contributed by atoms with E-state index in [-0.39, 0.29) is 6.10 Å². The van der Waals surface area contributed by atoms with Crippen LogP contribution in [0.2, 0.25) is 0 Å². The first kappa shape index (κ1) is 14.1. The number of halogens is 2. The van der Waals surface area contributed by atoms with E-state index in [2.05, 4.69) is 57.0 Å². The quantitative estimate of drug-likeness (QED) is 0.727. The average Bonchev–Trinajstić information content (AvgIpc) is 2.37. The number of fused-ring (bicyclic) bond motifs is 1. The summed E-state index contributed by atoms with van der Waals surface area (Å²) in [6.07, 6.45) is -0.0668. The molecule has 0 radical (unpaired) electrons. The Hall–Kier alpha value is -0.840. The maximum absolute atomic E-state index is 10.3. The minimum atomic E-state index is -0.495. The van der Waals surface area contributed by atoms with Gasteiger partial charge in [-0.2, -0.15) is 0 Å². The summed E-state index contributed by atoms with van der Waals surface area (Å²) in [6, 6.07) is 11.9. The summed E-state index contributed by atoms with van der Waals surface area (Å²) in [5.41, 5.74) is 3.12. The van der Waals surface area contributed by atoms with Crippen molar-refractivity contribution in [2.75, 3.05) is 0 Å². The molecule has 20 heavy (non-hydrogen) atoms. The summed E-state index contributed by atoms with van der Waals surface area (Å²) in [6.45, 7) is 2.05. The van der Waals surface area contributed by atoms with Crippen molar-refractivity contribution in [2.45, 2.75) is 25.6 Å². The average molecular weight is 398 g/mol. The van der Waals surface area contributed by atoms with Crippen LogP contribution in [-0.2, 0) is 0 Å². The van der Waals surface area contributed by atoms with Gasteiger partial charge in [-0.05, 0) is 30.7 Å². The molecule has 0 saturated carbocycles. The van der Waals surface area contributed by atoms with Crippen LogP contribution in [-0.4, -0.2) is 5.11 Å². The molecule has 104 valence electrons. The molecule has 3 rings (SSSR count). The molecule has 0 spiro atoms. The smallest absolute Gasteiger partial charge is 0.128 e. The number of aliphatic hydroxyl groups excluding tert-OH is 1. The fraction of sp³-hybridized carbons (Fsp3) is 0.250. The molecule has 0 fully saturated rings. The summed E-state index contributed by atoms with van der Waals surface area (Å²) in [7, 11) is 0. The third-order valence-corrected chi connectivity index (χ3v) is 4.72. The van der Waals surface area contributed by atoms with E-state index in [1.807, 2.05) is 18.2 Å². The monoisotopic (exact) mass is 396 g/mol. The number of hydrogen-bond donors (Lipinski definition) is 1. The zero-order valence-electron chi connectivity index (χ0n) is 10.9. The zero-order valence-corrected chi connectivity index (χ0v) is 14.1. The molecule has 0 amide bonds. The maximum atomic E-state index is 10.3. The van der Waals surface area contributed by atoms with Crippen molar-refractivity contribution in [1.29, 1.82) is 0 Å². The summed E-state index contributed by atoms with van der Waals surface area (Å²) in [5.74, 6) is 0.746. The van der Waals surface area contributed by atoms with Crippen molar-refractivity contribution in [3.05, 3.63) is 62.0 Å². The maximum Gasteiger partial charge on any atom is 0.128 e. The fourth-order valence-corrected chi connectivity index (χ4v) is 3.59. The van der Waals surface area contributed by atoms with Crippen LogP contribution < -0.4 is 4.74 Å².